The zero-order valence-corrected chi connectivity index (χ0v) is 17.9. The second kappa shape index (κ2) is 8.53. The molecule has 2 aromatic rings. The summed E-state index contributed by atoms with van der Waals surface area (Å²) in [4.78, 5) is 25.5. The lowest BCUT2D eigenvalue weighted by molar-refractivity contribution is -0.122. The molecule has 2 N–H and O–H groups in total. The van der Waals surface area contributed by atoms with Crippen molar-refractivity contribution in [3.63, 3.8) is 0 Å². The SMILES string of the molecule is Cc1cccc(C)c1NC(=O)C(=CC(=O)C(C)(C)C)Nc1ccccc1Br. The van der Waals surface area contributed by atoms with E-state index < -0.39 is 5.41 Å². The van der Waals surface area contributed by atoms with Gasteiger partial charge in [-0.2, -0.15) is 0 Å². The largest absolute Gasteiger partial charge is 0.350 e. The van der Waals surface area contributed by atoms with E-state index in [1.54, 1.807) is 0 Å². The van der Waals surface area contributed by atoms with Gasteiger partial charge in [-0.3, -0.25) is 9.59 Å². The fourth-order valence-electron chi connectivity index (χ4n) is 2.41. The maximum Gasteiger partial charge on any atom is 0.272 e. The molecule has 2 aromatic carbocycles. The minimum atomic E-state index is -0.584. The summed E-state index contributed by atoms with van der Waals surface area (Å²) < 4.78 is 0.805. The lowest BCUT2D eigenvalue weighted by Crippen LogP contribution is -2.25. The number of hydrogen-bond acceptors (Lipinski definition) is 3. The van der Waals surface area contributed by atoms with Gasteiger partial charge in [0.25, 0.3) is 5.91 Å². The van der Waals surface area contributed by atoms with Gasteiger partial charge in [0.15, 0.2) is 5.78 Å². The number of rotatable bonds is 5. The number of benzene rings is 2. The maximum atomic E-state index is 13.0. The molecule has 0 fully saturated rings. The van der Waals surface area contributed by atoms with Crippen LogP contribution in [0, 0.1) is 19.3 Å². The van der Waals surface area contributed by atoms with Gasteiger partial charge in [0.1, 0.15) is 5.70 Å². The van der Waals surface area contributed by atoms with Crippen LogP contribution >= 0.6 is 15.9 Å². The smallest absolute Gasteiger partial charge is 0.272 e. The summed E-state index contributed by atoms with van der Waals surface area (Å²) in [5, 5.41) is 6.03. The van der Waals surface area contributed by atoms with E-state index in [2.05, 4.69) is 26.6 Å². The zero-order chi connectivity index (χ0) is 20.2. The molecule has 0 radical (unpaired) electrons. The molecule has 0 heterocycles. The average Bonchev–Trinajstić information content (AvgIpc) is 2.58. The number of ketones is 1. The molecule has 0 aliphatic rings. The Labute approximate surface area is 169 Å². The van der Waals surface area contributed by atoms with Crippen LogP contribution in [0.25, 0.3) is 0 Å². The Bertz CT molecular complexity index is 875. The normalized spacial score (nSPS) is 11.9. The van der Waals surface area contributed by atoms with Crippen molar-refractivity contribution in [2.24, 2.45) is 5.41 Å². The Morgan fingerprint density at radius 3 is 2.07 bits per heavy atom. The Morgan fingerprint density at radius 2 is 1.52 bits per heavy atom. The second-order valence-corrected chi connectivity index (χ2v) is 8.35. The van der Waals surface area contributed by atoms with Gasteiger partial charge in [-0.25, -0.2) is 0 Å². The summed E-state index contributed by atoms with van der Waals surface area (Å²) >= 11 is 3.46. The Kier molecular flexibility index (Phi) is 6.60. The van der Waals surface area contributed by atoms with Crippen molar-refractivity contribution in [2.75, 3.05) is 10.6 Å². The third-order valence-corrected chi connectivity index (χ3v) is 4.81. The highest BCUT2D eigenvalue weighted by Crippen LogP contribution is 2.25. The first-order chi connectivity index (χ1) is 12.6. The van der Waals surface area contributed by atoms with Crippen LogP contribution in [-0.4, -0.2) is 11.7 Å². The number of carbonyl (C=O) groups is 2. The molecule has 4 nitrogen and oxygen atoms in total. The first-order valence-electron chi connectivity index (χ1n) is 8.75. The number of halogens is 1. The molecular weight excluding hydrogens is 404 g/mol. The molecule has 2 rings (SSSR count). The predicted molar refractivity (Wildman–Crippen MR) is 115 cm³/mol. The predicted octanol–water partition coefficient (Wildman–Crippen LogP) is 5.62. The summed E-state index contributed by atoms with van der Waals surface area (Å²) in [6.45, 7) is 9.35. The van der Waals surface area contributed by atoms with E-state index in [4.69, 9.17) is 0 Å². The molecule has 142 valence electrons. The first kappa shape index (κ1) is 20.9. The Balaban J connectivity index is 2.39. The quantitative estimate of drug-likeness (QED) is 0.607. The molecule has 0 atom stereocenters. The maximum absolute atomic E-state index is 13.0. The van der Waals surface area contributed by atoms with E-state index in [9.17, 15) is 9.59 Å². The standard InChI is InChI=1S/C22H25BrN2O2/c1-14-9-8-10-15(2)20(14)25-21(27)18(13-19(26)22(3,4)5)24-17-12-7-6-11-16(17)23/h6-13,24H,1-5H3,(H,25,27). The topological polar surface area (TPSA) is 58.2 Å². The van der Waals surface area contributed by atoms with E-state index in [0.29, 0.717) is 5.69 Å². The van der Waals surface area contributed by atoms with E-state index in [1.165, 1.54) is 6.08 Å². The van der Waals surface area contributed by atoms with E-state index in [1.807, 2.05) is 77.1 Å². The lowest BCUT2D eigenvalue weighted by atomic mass is 9.90. The van der Waals surface area contributed by atoms with Gasteiger partial charge >= 0.3 is 0 Å². The van der Waals surface area contributed by atoms with Crippen LogP contribution in [0.2, 0.25) is 0 Å². The highest BCUT2D eigenvalue weighted by molar-refractivity contribution is 9.10. The number of hydrogen-bond donors (Lipinski definition) is 2. The fourth-order valence-corrected chi connectivity index (χ4v) is 2.79. The van der Waals surface area contributed by atoms with Gasteiger partial charge in [-0.1, -0.05) is 51.1 Å². The molecular formula is C22H25BrN2O2. The summed E-state index contributed by atoms with van der Waals surface area (Å²) in [5.41, 5.74) is 3.01. The minimum Gasteiger partial charge on any atom is -0.350 e. The van der Waals surface area contributed by atoms with Crippen LogP contribution in [0.5, 0.6) is 0 Å². The van der Waals surface area contributed by atoms with Crippen LogP contribution in [0.3, 0.4) is 0 Å². The van der Waals surface area contributed by atoms with Crippen molar-refractivity contribution in [1.29, 1.82) is 0 Å². The number of anilines is 2. The van der Waals surface area contributed by atoms with Gasteiger partial charge in [-0.15, -0.1) is 0 Å². The highest BCUT2D eigenvalue weighted by atomic mass is 79.9. The number of para-hydroxylation sites is 2. The third kappa shape index (κ3) is 5.54. The van der Waals surface area contributed by atoms with Crippen molar-refractivity contribution in [1.82, 2.24) is 0 Å². The van der Waals surface area contributed by atoms with Gasteiger partial charge in [0.2, 0.25) is 0 Å². The highest BCUT2D eigenvalue weighted by Gasteiger charge is 2.22. The summed E-state index contributed by atoms with van der Waals surface area (Å²) in [6.07, 6.45) is 1.38. The van der Waals surface area contributed by atoms with Gasteiger partial charge in [0.05, 0.1) is 5.69 Å². The van der Waals surface area contributed by atoms with Crippen molar-refractivity contribution in [2.45, 2.75) is 34.6 Å². The van der Waals surface area contributed by atoms with Crippen molar-refractivity contribution >= 4 is 39.0 Å². The average molecular weight is 429 g/mol. The van der Waals surface area contributed by atoms with E-state index in [0.717, 1.165) is 21.3 Å². The monoisotopic (exact) mass is 428 g/mol. The number of nitrogens with one attached hydrogen (secondary N) is 2. The Hall–Kier alpha value is -2.40. The molecule has 0 unspecified atom stereocenters. The molecule has 27 heavy (non-hydrogen) atoms. The van der Waals surface area contributed by atoms with Crippen molar-refractivity contribution < 1.29 is 9.59 Å². The van der Waals surface area contributed by atoms with Crippen LogP contribution in [0.4, 0.5) is 11.4 Å². The second-order valence-electron chi connectivity index (χ2n) is 7.50. The number of amides is 1. The van der Waals surface area contributed by atoms with Gasteiger partial charge in [-0.05, 0) is 53.0 Å². The van der Waals surface area contributed by atoms with E-state index >= 15 is 0 Å². The molecule has 0 aliphatic carbocycles. The van der Waals surface area contributed by atoms with Crippen LogP contribution in [0.15, 0.2) is 58.7 Å². The van der Waals surface area contributed by atoms with Gasteiger partial charge < -0.3 is 10.6 Å². The first-order valence-corrected chi connectivity index (χ1v) is 9.54. The molecule has 0 spiro atoms. The van der Waals surface area contributed by atoms with Crippen LogP contribution in [0.1, 0.15) is 31.9 Å². The van der Waals surface area contributed by atoms with Crippen molar-refractivity contribution in [3.05, 3.63) is 69.8 Å². The summed E-state index contributed by atoms with van der Waals surface area (Å²) in [7, 11) is 0. The van der Waals surface area contributed by atoms with Crippen molar-refractivity contribution in [3.8, 4) is 0 Å². The Morgan fingerprint density at radius 1 is 0.926 bits per heavy atom. The summed E-state index contributed by atoms with van der Waals surface area (Å²) in [5.74, 6) is -0.491. The number of aryl methyl sites for hydroxylation is 2. The zero-order valence-electron chi connectivity index (χ0n) is 16.3. The molecule has 0 bridgehead atoms. The van der Waals surface area contributed by atoms with Crippen LogP contribution < -0.4 is 10.6 Å². The molecule has 0 saturated carbocycles. The van der Waals surface area contributed by atoms with Gasteiger partial charge in [0, 0.05) is 21.7 Å². The number of allylic oxidation sites excluding steroid dienone is 1. The lowest BCUT2D eigenvalue weighted by Gasteiger charge is -2.18. The minimum absolute atomic E-state index is 0.131. The number of carbonyl (C=O) groups excluding carboxylic acids is 2. The molecule has 0 aliphatic heterocycles. The fraction of sp³-hybridized carbons (Fsp3) is 0.273. The molecule has 1 amide bonds. The van der Waals surface area contributed by atoms with E-state index in [-0.39, 0.29) is 17.4 Å². The van der Waals surface area contributed by atoms with Crippen LogP contribution in [-0.2, 0) is 9.59 Å². The summed E-state index contributed by atoms with van der Waals surface area (Å²) in [6, 6.07) is 13.3. The molecule has 5 heteroatoms. The molecule has 0 saturated heterocycles. The molecule has 0 aromatic heterocycles. The third-order valence-electron chi connectivity index (χ3n) is 4.12.